The van der Waals surface area contributed by atoms with Gasteiger partial charge in [0, 0.05) is 11.6 Å². The van der Waals surface area contributed by atoms with Crippen molar-refractivity contribution in [2.24, 2.45) is 5.73 Å². The number of nitrogens with two attached hydrogens (primary N) is 1. The molecule has 0 aliphatic heterocycles. The summed E-state index contributed by atoms with van der Waals surface area (Å²) in [5, 5.41) is 0. The predicted molar refractivity (Wildman–Crippen MR) is 77.8 cm³/mol. The quantitative estimate of drug-likeness (QED) is 0.524. The van der Waals surface area contributed by atoms with E-state index >= 15 is 0 Å². The van der Waals surface area contributed by atoms with Crippen molar-refractivity contribution in [2.45, 2.75) is 45.1 Å². The minimum atomic E-state index is 0.0713. The molecule has 0 aliphatic carbocycles. The van der Waals surface area contributed by atoms with E-state index in [1.165, 1.54) is 12.8 Å². The largest absolute Gasteiger partial charge is 0.493 e. The molecule has 0 amide bonds. The van der Waals surface area contributed by atoms with Gasteiger partial charge in [-0.3, -0.25) is 0 Å². The van der Waals surface area contributed by atoms with Crippen molar-refractivity contribution >= 4 is 0 Å². The van der Waals surface area contributed by atoms with Crippen LogP contribution in [0.25, 0.3) is 0 Å². The van der Waals surface area contributed by atoms with Crippen LogP contribution in [0.15, 0.2) is 36.9 Å². The van der Waals surface area contributed by atoms with Crippen LogP contribution in [0.5, 0.6) is 5.75 Å². The Morgan fingerprint density at radius 1 is 1.28 bits per heavy atom. The summed E-state index contributed by atoms with van der Waals surface area (Å²) in [6.45, 7) is 6.58. The maximum Gasteiger partial charge on any atom is 0.124 e. The lowest BCUT2D eigenvalue weighted by molar-refractivity contribution is 0.300. The molecular formula is C16H25NO. The van der Waals surface area contributed by atoms with Crippen LogP contribution in [0.3, 0.4) is 0 Å². The van der Waals surface area contributed by atoms with E-state index in [4.69, 9.17) is 10.5 Å². The van der Waals surface area contributed by atoms with Gasteiger partial charge in [-0.05, 0) is 38.2 Å². The fourth-order valence-corrected chi connectivity index (χ4v) is 1.89. The molecule has 0 bridgehead atoms. The Morgan fingerprint density at radius 2 is 2.06 bits per heavy atom. The van der Waals surface area contributed by atoms with Gasteiger partial charge >= 0.3 is 0 Å². The average molecular weight is 247 g/mol. The van der Waals surface area contributed by atoms with Gasteiger partial charge in [0.05, 0.1) is 6.61 Å². The third-order valence-corrected chi connectivity index (χ3v) is 3.07. The van der Waals surface area contributed by atoms with Crippen molar-refractivity contribution in [1.82, 2.24) is 0 Å². The van der Waals surface area contributed by atoms with Crippen molar-refractivity contribution < 1.29 is 4.74 Å². The zero-order chi connectivity index (χ0) is 13.2. The first-order valence-corrected chi connectivity index (χ1v) is 6.87. The molecule has 0 saturated heterocycles. The van der Waals surface area contributed by atoms with Gasteiger partial charge in [0.25, 0.3) is 0 Å². The van der Waals surface area contributed by atoms with Gasteiger partial charge in [0.15, 0.2) is 0 Å². The fourth-order valence-electron chi connectivity index (χ4n) is 1.89. The lowest BCUT2D eigenvalue weighted by atomic mass is 10.0. The van der Waals surface area contributed by atoms with Gasteiger partial charge in [-0.15, -0.1) is 6.58 Å². The van der Waals surface area contributed by atoms with Crippen LogP contribution >= 0.6 is 0 Å². The second-order valence-corrected chi connectivity index (χ2v) is 4.54. The summed E-state index contributed by atoms with van der Waals surface area (Å²) in [6.07, 6.45) is 7.47. The summed E-state index contributed by atoms with van der Waals surface area (Å²) in [5.74, 6) is 0.940. The summed E-state index contributed by atoms with van der Waals surface area (Å²) in [4.78, 5) is 0. The van der Waals surface area contributed by atoms with E-state index in [-0.39, 0.29) is 6.04 Å². The Labute approximate surface area is 111 Å². The molecule has 2 N–H and O–H groups in total. The Morgan fingerprint density at radius 3 is 2.78 bits per heavy atom. The minimum absolute atomic E-state index is 0.0713. The number of ether oxygens (including phenoxy) is 1. The zero-order valence-electron chi connectivity index (χ0n) is 11.4. The van der Waals surface area contributed by atoms with Gasteiger partial charge in [-0.1, -0.05) is 31.2 Å². The predicted octanol–water partition coefficient (Wildman–Crippen LogP) is 4.22. The first-order chi connectivity index (χ1) is 8.79. The van der Waals surface area contributed by atoms with Crippen LogP contribution in [-0.4, -0.2) is 6.61 Å². The Kier molecular flexibility index (Phi) is 7.19. The van der Waals surface area contributed by atoms with E-state index in [0.717, 1.165) is 37.2 Å². The van der Waals surface area contributed by atoms with Gasteiger partial charge in [0.2, 0.25) is 0 Å². The number of benzene rings is 1. The summed E-state index contributed by atoms with van der Waals surface area (Å²) in [5.41, 5.74) is 7.19. The van der Waals surface area contributed by atoms with Crippen molar-refractivity contribution in [3.63, 3.8) is 0 Å². The first kappa shape index (κ1) is 14.8. The van der Waals surface area contributed by atoms with Crippen LogP contribution in [-0.2, 0) is 0 Å². The number of hydrogen-bond donors (Lipinski definition) is 1. The molecule has 2 heteroatoms. The number of rotatable bonds is 9. The number of para-hydroxylation sites is 1. The molecule has 1 atom stereocenters. The van der Waals surface area contributed by atoms with Crippen molar-refractivity contribution in [3.05, 3.63) is 42.5 Å². The van der Waals surface area contributed by atoms with Crippen LogP contribution in [0, 0.1) is 0 Å². The number of allylic oxidation sites excluding steroid dienone is 1. The number of hydrogen-bond acceptors (Lipinski definition) is 2. The van der Waals surface area contributed by atoms with E-state index < -0.39 is 0 Å². The standard InChI is InChI=1S/C16H25NO/c1-3-5-6-7-10-13-18-16-12-9-8-11-14(16)15(17)4-2/h3,8-9,11-12,15H,1,4-7,10,13,17H2,2H3/t15-/m0/s1. The Hall–Kier alpha value is -1.28. The monoisotopic (exact) mass is 247 g/mol. The molecule has 1 aromatic rings. The third-order valence-electron chi connectivity index (χ3n) is 3.07. The van der Waals surface area contributed by atoms with Gasteiger partial charge in [-0.25, -0.2) is 0 Å². The lowest BCUT2D eigenvalue weighted by Crippen LogP contribution is -2.11. The zero-order valence-corrected chi connectivity index (χ0v) is 11.4. The average Bonchev–Trinajstić information content (AvgIpc) is 2.42. The van der Waals surface area contributed by atoms with Crippen LogP contribution in [0.1, 0.15) is 50.6 Å². The first-order valence-electron chi connectivity index (χ1n) is 6.87. The smallest absolute Gasteiger partial charge is 0.124 e. The molecule has 0 aliphatic rings. The van der Waals surface area contributed by atoms with E-state index in [2.05, 4.69) is 19.6 Å². The molecule has 0 saturated carbocycles. The highest BCUT2D eigenvalue weighted by Gasteiger charge is 2.09. The van der Waals surface area contributed by atoms with Gasteiger partial charge in [0.1, 0.15) is 5.75 Å². The molecule has 0 radical (unpaired) electrons. The minimum Gasteiger partial charge on any atom is -0.493 e. The van der Waals surface area contributed by atoms with E-state index in [1.807, 2.05) is 24.3 Å². The summed E-state index contributed by atoms with van der Waals surface area (Å²) < 4.78 is 5.83. The highest BCUT2D eigenvalue weighted by Crippen LogP contribution is 2.25. The Bertz CT molecular complexity index is 349. The molecule has 1 aromatic carbocycles. The second kappa shape index (κ2) is 8.76. The second-order valence-electron chi connectivity index (χ2n) is 4.54. The highest BCUT2D eigenvalue weighted by molar-refractivity contribution is 5.35. The van der Waals surface area contributed by atoms with Crippen molar-refractivity contribution in [3.8, 4) is 5.75 Å². The molecule has 18 heavy (non-hydrogen) atoms. The molecule has 100 valence electrons. The normalized spacial score (nSPS) is 12.1. The summed E-state index contributed by atoms with van der Waals surface area (Å²) in [7, 11) is 0. The molecule has 0 spiro atoms. The summed E-state index contributed by atoms with van der Waals surface area (Å²) >= 11 is 0. The lowest BCUT2D eigenvalue weighted by Gasteiger charge is -2.15. The molecule has 0 unspecified atom stereocenters. The maximum atomic E-state index is 6.07. The number of unbranched alkanes of at least 4 members (excludes halogenated alkanes) is 3. The summed E-state index contributed by atoms with van der Waals surface area (Å²) in [6, 6.07) is 8.15. The molecular weight excluding hydrogens is 222 g/mol. The molecule has 0 heterocycles. The van der Waals surface area contributed by atoms with Crippen molar-refractivity contribution in [2.75, 3.05) is 6.61 Å². The third kappa shape index (κ3) is 4.92. The van der Waals surface area contributed by atoms with Crippen molar-refractivity contribution in [1.29, 1.82) is 0 Å². The van der Waals surface area contributed by atoms with Gasteiger partial charge in [-0.2, -0.15) is 0 Å². The highest BCUT2D eigenvalue weighted by atomic mass is 16.5. The Balaban J connectivity index is 2.39. The molecule has 2 nitrogen and oxygen atoms in total. The molecule has 0 fully saturated rings. The van der Waals surface area contributed by atoms with Crippen LogP contribution < -0.4 is 10.5 Å². The SMILES string of the molecule is C=CCCCCCOc1ccccc1[C@@H](N)CC. The van der Waals surface area contributed by atoms with E-state index in [9.17, 15) is 0 Å². The van der Waals surface area contributed by atoms with E-state index in [1.54, 1.807) is 0 Å². The van der Waals surface area contributed by atoms with Crippen LogP contribution in [0.4, 0.5) is 0 Å². The fraction of sp³-hybridized carbons (Fsp3) is 0.500. The van der Waals surface area contributed by atoms with Crippen LogP contribution in [0.2, 0.25) is 0 Å². The van der Waals surface area contributed by atoms with Gasteiger partial charge < -0.3 is 10.5 Å². The van der Waals surface area contributed by atoms with E-state index in [0.29, 0.717) is 0 Å². The topological polar surface area (TPSA) is 35.2 Å². The molecule has 0 aromatic heterocycles. The maximum absolute atomic E-state index is 6.07. The molecule has 1 rings (SSSR count).